The third kappa shape index (κ3) is 3.93. The summed E-state index contributed by atoms with van der Waals surface area (Å²) in [7, 11) is 1.60. The fourth-order valence-electron chi connectivity index (χ4n) is 2.59. The van der Waals surface area contributed by atoms with Crippen LogP contribution in [0.1, 0.15) is 5.89 Å². The average Bonchev–Trinajstić information content (AvgIpc) is 3.39. The highest BCUT2D eigenvalue weighted by atomic mass is 32.2. The van der Waals surface area contributed by atoms with Gasteiger partial charge in [-0.25, -0.2) is 4.68 Å². The number of ether oxygens (including phenoxy) is 1. The minimum atomic E-state index is -0.469. The van der Waals surface area contributed by atoms with Crippen LogP contribution in [-0.2, 0) is 5.75 Å². The second kappa shape index (κ2) is 8.21. The van der Waals surface area contributed by atoms with Crippen LogP contribution in [0.4, 0.5) is 5.69 Å². The van der Waals surface area contributed by atoms with Crippen molar-refractivity contribution in [2.45, 2.75) is 10.9 Å². The van der Waals surface area contributed by atoms with Gasteiger partial charge in [0.05, 0.1) is 17.8 Å². The molecule has 2 heterocycles. The molecule has 0 radical (unpaired) electrons. The van der Waals surface area contributed by atoms with Gasteiger partial charge >= 0.3 is 0 Å². The topological polar surface area (TPSA) is 148 Å². The lowest BCUT2D eigenvalue weighted by atomic mass is 10.2. The number of nitrogens with zero attached hydrogens (tertiary/aromatic N) is 6. The number of nitro benzene ring substituents is 1. The maximum absolute atomic E-state index is 10.7. The van der Waals surface area contributed by atoms with Crippen molar-refractivity contribution in [2.24, 2.45) is 0 Å². The monoisotopic (exact) mass is 425 g/mol. The first-order chi connectivity index (χ1) is 14.5. The van der Waals surface area contributed by atoms with Gasteiger partial charge in [-0.05, 0) is 36.4 Å². The second-order valence-electron chi connectivity index (χ2n) is 6.00. The third-order valence-electron chi connectivity index (χ3n) is 4.13. The van der Waals surface area contributed by atoms with Crippen molar-refractivity contribution in [3.63, 3.8) is 0 Å². The number of rotatable bonds is 7. The molecule has 0 saturated carbocycles. The van der Waals surface area contributed by atoms with Crippen molar-refractivity contribution >= 4 is 17.4 Å². The SMILES string of the molecule is COc1ccc(-c2nnc(SCc3nnc(-c4ccc([N+](=O)[O-])cc4)o3)n2N)cc1. The number of benzene rings is 2. The van der Waals surface area contributed by atoms with Crippen LogP contribution in [0.5, 0.6) is 5.75 Å². The van der Waals surface area contributed by atoms with Crippen LogP contribution in [0.2, 0.25) is 0 Å². The molecule has 0 aliphatic heterocycles. The molecule has 4 rings (SSSR count). The number of non-ortho nitro benzene ring substituents is 1. The van der Waals surface area contributed by atoms with Crippen LogP contribution in [0.3, 0.4) is 0 Å². The summed E-state index contributed by atoms with van der Waals surface area (Å²) >= 11 is 1.29. The van der Waals surface area contributed by atoms with Gasteiger partial charge < -0.3 is 15.0 Å². The first kappa shape index (κ1) is 19.4. The van der Waals surface area contributed by atoms with Crippen molar-refractivity contribution in [3.05, 3.63) is 64.5 Å². The minimum absolute atomic E-state index is 0.0102. The Kier molecular flexibility index (Phi) is 5.30. The van der Waals surface area contributed by atoms with E-state index < -0.39 is 4.92 Å². The molecule has 0 spiro atoms. The number of nitrogen functional groups attached to an aromatic ring is 1. The van der Waals surface area contributed by atoms with Crippen molar-refractivity contribution in [1.29, 1.82) is 0 Å². The maximum Gasteiger partial charge on any atom is 0.269 e. The predicted octanol–water partition coefficient (Wildman–Crippen LogP) is 2.92. The van der Waals surface area contributed by atoms with E-state index in [1.165, 1.54) is 28.6 Å². The molecule has 0 amide bonds. The molecule has 12 heteroatoms. The summed E-state index contributed by atoms with van der Waals surface area (Å²) < 4.78 is 12.2. The predicted molar refractivity (Wildman–Crippen MR) is 108 cm³/mol. The Morgan fingerprint density at radius 1 is 1.07 bits per heavy atom. The maximum atomic E-state index is 10.7. The number of thioether (sulfide) groups is 1. The van der Waals surface area contributed by atoms with Gasteiger partial charge in [0.1, 0.15) is 5.75 Å². The number of methoxy groups -OCH3 is 1. The molecule has 0 bridgehead atoms. The molecule has 4 aromatic rings. The summed E-state index contributed by atoms with van der Waals surface area (Å²) in [4.78, 5) is 10.3. The normalized spacial score (nSPS) is 10.8. The molecule has 11 nitrogen and oxygen atoms in total. The molecule has 2 N–H and O–H groups in total. The van der Waals surface area contributed by atoms with Gasteiger partial charge in [0.2, 0.25) is 16.9 Å². The van der Waals surface area contributed by atoms with E-state index in [9.17, 15) is 10.1 Å². The van der Waals surface area contributed by atoms with Crippen LogP contribution in [-0.4, -0.2) is 37.1 Å². The van der Waals surface area contributed by atoms with E-state index in [0.29, 0.717) is 28.2 Å². The molecule has 2 aromatic carbocycles. The quantitative estimate of drug-likeness (QED) is 0.203. The first-order valence-electron chi connectivity index (χ1n) is 8.60. The lowest BCUT2D eigenvalue weighted by molar-refractivity contribution is -0.384. The summed E-state index contributed by atoms with van der Waals surface area (Å²) in [6.07, 6.45) is 0. The van der Waals surface area contributed by atoms with E-state index in [1.807, 2.05) is 24.3 Å². The number of nitrogens with two attached hydrogens (primary N) is 1. The standard InChI is InChI=1S/C18H15N7O4S/c1-28-14-8-4-11(5-9-14)16-21-23-18(24(16)19)30-10-15-20-22-17(29-15)12-2-6-13(7-3-12)25(26)27/h2-9H,10,19H2,1H3. The summed E-state index contributed by atoms with van der Waals surface area (Å²) in [6, 6.07) is 13.2. The molecule has 0 saturated heterocycles. The zero-order valence-corrected chi connectivity index (χ0v) is 16.4. The summed E-state index contributed by atoms with van der Waals surface area (Å²) in [6.45, 7) is 0. The number of aromatic nitrogens is 5. The Morgan fingerprint density at radius 3 is 2.43 bits per heavy atom. The fourth-order valence-corrected chi connectivity index (χ4v) is 3.29. The second-order valence-corrected chi connectivity index (χ2v) is 6.94. The molecular formula is C18H15N7O4S. The van der Waals surface area contributed by atoms with Crippen LogP contribution in [0.25, 0.3) is 22.8 Å². The van der Waals surface area contributed by atoms with Gasteiger partial charge in [-0.15, -0.1) is 20.4 Å². The van der Waals surface area contributed by atoms with Crippen LogP contribution >= 0.6 is 11.8 Å². The summed E-state index contributed by atoms with van der Waals surface area (Å²) in [5.41, 5.74) is 1.38. The molecule has 0 atom stereocenters. The lowest BCUT2D eigenvalue weighted by Gasteiger charge is -2.04. The molecule has 0 fully saturated rings. The van der Waals surface area contributed by atoms with E-state index in [2.05, 4.69) is 20.4 Å². The molecule has 2 aromatic heterocycles. The van der Waals surface area contributed by atoms with Gasteiger partial charge in [0.25, 0.3) is 5.69 Å². The molecular weight excluding hydrogens is 410 g/mol. The molecule has 152 valence electrons. The van der Waals surface area contributed by atoms with E-state index >= 15 is 0 Å². The average molecular weight is 425 g/mol. The molecule has 0 aliphatic rings. The van der Waals surface area contributed by atoms with Crippen LogP contribution < -0.4 is 10.6 Å². The number of nitro groups is 1. The Morgan fingerprint density at radius 2 is 1.77 bits per heavy atom. The highest BCUT2D eigenvalue weighted by molar-refractivity contribution is 7.98. The van der Waals surface area contributed by atoms with Crippen LogP contribution in [0.15, 0.2) is 58.1 Å². The summed E-state index contributed by atoms with van der Waals surface area (Å²) in [5.74, 6) is 8.33. The smallest absolute Gasteiger partial charge is 0.269 e. The van der Waals surface area contributed by atoms with E-state index in [1.54, 1.807) is 19.2 Å². The number of hydrogen-bond acceptors (Lipinski definition) is 10. The van der Waals surface area contributed by atoms with Gasteiger partial charge in [-0.1, -0.05) is 11.8 Å². The van der Waals surface area contributed by atoms with Crippen molar-refractivity contribution in [2.75, 3.05) is 13.0 Å². The third-order valence-corrected chi connectivity index (χ3v) is 5.06. The first-order valence-corrected chi connectivity index (χ1v) is 9.58. The highest BCUT2D eigenvalue weighted by Crippen LogP contribution is 2.27. The van der Waals surface area contributed by atoms with E-state index in [0.717, 1.165) is 11.3 Å². The Balaban J connectivity index is 1.44. The minimum Gasteiger partial charge on any atom is -0.497 e. The summed E-state index contributed by atoms with van der Waals surface area (Å²) in [5, 5.41) is 27.4. The van der Waals surface area contributed by atoms with Crippen molar-refractivity contribution in [3.8, 4) is 28.6 Å². The Bertz CT molecular complexity index is 1170. The largest absolute Gasteiger partial charge is 0.497 e. The van der Waals surface area contributed by atoms with Gasteiger partial charge in [-0.2, -0.15) is 0 Å². The van der Waals surface area contributed by atoms with Crippen molar-refractivity contribution < 1.29 is 14.1 Å². The fraction of sp³-hybridized carbons (Fsp3) is 0.111. The zero-order valence-electron chi connectivity index (χ0n) is 15.6. The van der Waals surface area contributed by atoms with Gasteiger partial charge in [0, 0.05) is 23.3 Å². The Labute approximate surface area is 174 Å². The van der Waals surface area contributed by atoms with Gasteiger partial charge in [-0.3, -0.25) is 10.1 Å². The van der Waals surface area contributed by atoms with Gasteiger partial charge in [0.15, 0.2) is 5.82 Å². The zero-order chi connectivity index (χ0) is 21.1. The Hall–Kier alpha value is -3.93. The van der Waals surface area contributed by atoms with Crippen molar-refractivity contribution in [1.82, 2.24) is 25.1 Å². The van der Waals surface area contributed by atoms with E-state index in [-0.39, 0.29) is 11.6 Å². The highest BCUT2D eigenvalue weighted by Gasteiger charge is 2.15. The molecule has 30 heavy (non-hydrogen) atoms. The van der Waals surface area contributed by atoms with Crippen LogP contribution in [0, 0.1) is 10.1 Å². The molecule has 0 unspecified atom stereocenters. The van der Waals surface area contributed by atoms with E-state index in [4.69, 9.17) is 15.0 Å². The number of hydrogen-bond donors (Lipinski definition) is 1. The lowest BCUT2D eigenvalue weighted by Crippen LogP contribution is -2.11. The molecule has 0 aliphatic carbocycles.